The third-order valence-electron chi connectivity index (χ3n) is 0.540. The molecule has 0 radical (unpaired) electrons. The van der Waals surface area contributed by atoms with Gasteiger partial charge in [0.2, 0.25) is 5.91 Å². The van der Waals surface area contributed by atoms with Crippen molar-refractivity contribution in [1.82, 2.24) is 5.48 Å². The molecule has 0 heterocycles. The normalized spacial score (nSPS) is 12.8. The van der Waals surface area contributed by atoms with Gasteiger partial charge in [-0.3, -0.25) is 9.63 Å². The summed E-state index contributed by atoms with van der Waals surface area (Å²) >= 11 is 0. The number of hydrogen-bond acceptors (Lipinski definition) is 3. The number of aliphatic hydroxyl groups excluding tert-OH is 1. The van der Waals surface area contributed by atoms with E-state index in [0.717, 1.165) is 0 Å². The van der Waals surface area contributed by atoms with Crippen molar-refractivity contribution in [3.63, 3.8) is 0 Å². The SMILES string of the molecule is CC(=O)NOC[C@H](C)O. The molecule has 0 spiro atoms. The van der Waals surface area contributed by atoms with Crippen LogP contribution in [0, 0.1) is 0 Å². The third-order valence-corrected chi connectivity index (χ3v) is 0.540. The second-order valence-electron chi connectivity index (χ2n) is 1.82. The van der Waals surface area contributed by atoms with Crippen molar-refractivity contribution in [3.05, 3.63) is 0 Å². The third kappa shape index (κ3) is 7.39. The van der Waals surface area contributed by atoms with E-state index < -0.39 is 6.10 Å². The van der Waals surface area contributed by atoms with E-state index in [1.165, 1.54) is 6.92 Å². The Bertz CT molecular complexity index is 92.2. The predicted molar refractivity (Wildman–Crippen MR) is 31.4 cm³/mol. The molecule has 1 atom stereocenters. The van der Waals surface area contributed by atoms with Gasteiger partial charge in [-0.2, -0.15) is 0 Å². The second-order valence-corrected chi connectivity index (χ2v) is 1.82. The Morgan fingerprint density at radius 2 is 2.44 bits per heavy atom. The van der Waals surface area contributed by atoms with Gasteiger partial charge in [-0.05, 0) is 6.92 Å². The number of hydrogen-bond donors (Lipinski definition) is 2. The van der Waals surface area contributed by atoms with Gasteiger partial charge in [0.15, 0.2) is 0 Å². The van der Waals surface area contributed by atoms with Gasteiger partial charge in [0, 0.05) is 6.92 Å². The van der Waals surface area contributed by atoms with Crippen LogP contribution in [0.4, 0.5) is 0 Å². The highest BCUT2D eigenvalue weighted by Gasteiger charge is 1.94. The van der Waals surface area contributed by atoms with Crippen molar-refractivity contribution < 1.29 is 14.7 Å². The molecule has 0 aromatic carbocycles. The van der Waals surface area contributed by atoms with E-state index in [-0.39, 0.29) is 12.5 Å². The molecule has 0 saturated carbocycles. The lowest BCUT2D eigenvalue weighted by atomic mass is 10.5. The van der Waals surface area contributed by atoms with Gasteiger partial charge in [-0.25, -0.2) is 5.48 Å². The molecule has 54 valence electrons. The van der Waals surface area contributed by atoms with Crippen molar-refractivity contribution in [2.45, 2.75) is 20.0 Å². The van der Waals surface area contributed by atoms with Crippen LogP contribution in [0.1, 0.15) is 13.8 Å². The maximum absolute atomic E-state index is 10.1. The van der Waals surface area contributed by atoms with Gasteiger partial charge < -0.3 is 5.11 Å². The number of nitrogens with one attached hydrogen (secondary N) is 1. The quantitative estimate of drug-likeness (QED) is 0.507. The molecule has 1 amide bonds. The average Bonchev–Trinajstić information content (AvgIpc) is 1.63. The number of carbonyl (C=O) groups is 1. The van der Waals surface area contributed by atoms with Crippen LogP contribution in [0.25, 0.3) is 0 Å². The Balaban J connectivity index is 3.01. The molecule has 0 aromatic rings. The fourth-order valence-electron chi connectivity index (χ4n) is 0.264. The first-order valence-corrected chi connectivity index (χ1v) is 2.69. The highest BCUT2D eigenvalue weighted by molar-refractivity contribution is 5.71. The largest absolute Gasteiger partial charge is 0.391 e. The van der Waals surface area contributed by atoms with Crippen LogP contribution in [0.15, 0.2) is 0 Å². The minimum Gasteiger partial charge on any atom is -0.391 e. The van der Waals surface area contributed by atoms with Crippen molar-refractivity contribution >= 4 is 5.91 Å². The summed E-state index contributed by atoms with van der Waals surface area (Å²) < 4.78 is 0. The Hall–Kier alpha value is -0.610. The number of hydroxylamine groups is 1. The lowest BCUT2D eigenvalue weighted by molar-refractivity contribution is -0.133. The van der Waals surface area contributed by atoms with E-state index in [1.807, 2.05) is 0 Å². The van der Waals surface area contributed by atoms with Crippen LogP contribution in [0.3, 0.4) is 0 Å². The van der Waals surface area contributed by atoms with Crippen LogP contribution < -0.4 is 5.48 Å². The molecule has 9 heavy (non-hydrogen) atoms. The predicted octanol–water partition coefficient (Wildman–Crippen LogP) is -0.565. The van der Waals surface area contributed by atoms with Crippen LogP contribution in [-0.4, -0.2) is 23.7 Å². The summed E-state index contributed by atoms with van der Waals surface area (Å²) in [5.74, 6) is -0.268. The lowest BCUT2D eigenvalue weighted by Crippen LogP contribution is -2.24. The summed E-state index contributed by atoms with van der Waals surface area (Å²) in [6.45, 7) is 3.03. The van der Waals surface area contributed by atoms with E-state index in [1.54, 1.807) is 6.92 Å². The Morgan fingerprint density at radius 1 is 1.89 bits per heavy atom. The van der Waals surface area contributed by atoms with Crippen LogP contribution in [0.2, 0.25) is 0 Å². The topological polar surface area (TPSA) is 58.6 Å². The summed E-state index contributed by atoms with van der Waals surface area (Å²) in [6, 6.07) is 0. The van der Waals surface area contributed by atoms with Crippen molar-refractivity contribution in [3.8, 4) is 0 Å². The summed E-state index contributed by atoms with van der Waals surface area (Å²) in [4.78, 5) is 14.6. The number of aliphatic hydroxyl groups is 1. The molecule has 0 unspecified atom stereocenters. The van der Waals surface area contributed by atoms with E-state index in [9.17, 15) is 4.79 Å². The number of carbonyl (C=O) groups excluding carboxylic acids is 1. The summed E-state index contributed by atoms with van der Waals surface area (Å²) in [7, 11) is 0. The molecule has 0 aliphatic rings. The molecule has 0 aliphatic carbocycles. The maximum atomic E-state index is 10.1. The van der Waals surface area contributed by atoms with E-state index in [0.29, 0.717) is 0 Å². The smallest absolute Gasteiger partial charge is 0.240 e. The Kier molecular flexibility index (Phi) is 4.00. The number of amides is 1. The maximum Gasteiger partial charge on any atom is 0.240 e. The van der Waals surface area contributed by atoms with Crippen molar-refractivity contribution in [2.24, 2.45) is 0 Å². The molecule has 4 nitrogen and oxygen atoms in total. The molecular formula is C5H11NO3. The highest BCUT2D eigenvalue weighted by Crippen LogP contribution is 1.77. The first-order chi connectivity index (χ1) is 4.13. The van der Waals surface area contributed by atoms with Gasteiger partial charge in [-0.15, -0.1) is 0 Å². The minimum atomic E-state index is -0.545. The first-order valence-electron chi connectivity index (χ1n) is 2.69. The van der Waals surface area contributed by atoms with Gasteiger partial charge >= 0.3 is 0 Å². The van der Waals surface area contributed by atoms with Gasteiger partial charge in [0.05, 0.1) is 6.10 Å². The van der Waals surface area contributed by atoms with Crippen LogP contribution in [0.5, 0.6) is 0 Å². The molecule has 0 aliphatic heterocycles. The van der Waals surface area contributed by atoms with Crippen molar-refractivity contribution in [1.29, 1.82) is 0 Å². The standard InChI is InChI=1S/C5H11NO3/c1-4(7)3-9-6-5(2)8/h4,7H,3H2,1-2H3,(H,6,8)/t4-/m0/s1. The molecule has 2 N–H and O–H groups in total. The molecular weight excluding hydrogens is 122 g/mol. The summed E-state index contributed by atoms with van der Waals surface area (Å²) in [5.41, 5.74) is 2.08. The molecule has 4 heteroatoms. The van der Waals surface area contributed by atoms with E-state index >= 15 is 0 Å². The zero-order chi connectivity index (χ0) is 7.28. The molecule has 0 rings (SSSR count). The van der Waals surface area contributed by atoms with Crippen LogP contribution in [-0.2, 0) is 9.63 Å². The average molecular weight is 133 g/mol. The van der Waals surface area contributed by atoms with Gasteiger partial charge in [0.25, 0.3) is 0 Å². The summed E-state index contributed by atoms with van der Waals surface area (Å²) in [5, 5.41) is 8.59. The second kappa shape index (κ2) is 4.29. The highest BCUT2D eigenvalue weighted by atomic mass is 16.7. The van der Waals surface area contributed by atoms with Gasteiger partial charge in [-0.1, -0.05) is 0 Å². The fourth-order valence-corrected chi connectivity index (χ4v) is 0.264. The van der Waals surface area contributed by atoms with E-state index in [4.69, 9.17) is 5.11 Å². The van der Waals surface area contributed by atoms with Gasteiger partial charge in [0.1, 0.15) is 6.61 Å². The van der Waals surface area contributed by atoms with Crippen LogP contribution >= 0.6 is 0 Å². The zero-order valence-corrected chi connectivity index (χ0v) is 5.55. The Labute approximate surface area is 53.8 Å². The number of rotatable bonds is 3. The molecule has 0 fully saturated rings. The monoisotopic (exact) mass is 133 g/mol. The molecule has 0 bridgehead atoms. The van der Waals surface area contributed by atoms with E-state index in [2.05, 4.69) is 10.3 Å². The summed E-state index contributed by atoms with van der Waals surface area (Å²) in [6.07, 6.45) is -0.545. The lowest BCUT2D eigenvalue weighted by Gasteiger charge is -2.03. The molecule has 0 saturated heterocycles. The first kappa shape index (κ1) is 8.39. The fraction of sp³-hybridized carbons (Fsp3) is 0.800. The van der Waals surface area contributed by atoms with Crippen molar-refractivity contribution in [2.75, 3.05) is 6.61 Å². The Morgan fingerprint density at radius 3 is 2.78 bits per heavy atom. The minimum absolute atomic E-state index is 0.125. The zero-order valence-electron chi connectivity index (χ0n) is 5.55. The molecule has 0 aromatic heterocycles.